The highest BCUT2D eigenvalue weighted by Gasteiger charge is 2.32. The lowest BCUT2D eigenvalue weighted by atomic mass is 10.1. The number of piperidine rings is 1. The molecule has 4 nitrogen and oxygen atoms in total. The largest absolute Gasteiger partial charge is 0.329 e. The summed E-state index contributed by atoms with van der Waals surface area (Å²) in [5.74, 6) is 0. The second-order valence-corrected chi connectivity index (χ2v) is 7.73. The van der Waals surface area contributed by atoms with Crippen molar-refractivity contribution < 1.29 is 8.42 Å². The van der Waals surface area contributed by atoms with Crippen molar-refractivity contribution in [2.45, 2.75) is 30.2 Å². The quantitative estimate of drug-likeness (QED) is 0.893. The van der Waals surface area contributed by atoms with Gasteiger partial charge in [0.05, 0.1) is 9.92 Å². The number of benzene rings is 1. The van der Waals surface area contributed by atoms with Crippen LogP contribution < -0.4 is 5.73 Å². The number of nitrogens with two attached hydrogens (primary N) is 1. The Morgan fingerprint density at radius 2 is 2.16 bits per heavy atom. The fraction of sp³-hybridized carbons (Fsp3) is 0.500. The van der Waals surface area contributed by atoms with Crippen LogP contribution in [0.15, 0.2) is 27.6 Å². The molecule has 1 atom stereocenters. The standard InChI is InChI=1S/C12H16BrClN2O2S/c13-11-7-10(4-5-12(11)14)19(17,18)16-6-2-1-3-9(16)8-15/h4-5,7,9H,1-3,6,8,15H2. The highest BCUT2D eigenvalue weighted by molar-refractivity contribution is 9.10. The Balaban J connectivity index is 2.37. The number of hydrogen-bond donors (Lipinski definition) is 1. The summed E-state index contributed by atoms with van der Waals surface area (Å²) in [7, 11) is -3.50. The van der Waals surface area contributed by atoms with Gasteiger partial charge in [0, 0.05) is 23.6 Å². The van der Waals surface area contributed by atoms with Crippen LogP contribution >= 0.6 is 27.5 Å². The van der Waals surface area contributed by atoms with Gasteiger partial charge in [-0.1, -0.05) is 18.0 Å². The van der Waals surface area contributed by atoms with E-state index in [1.165, 1.54) is 10.4 Å². The van der Waals surface area contributed by atoms with E-state index in [1.807, 2.05) is 0 Å². The van der Waals surface area contributed by atoms with Gasteiger partial charge < -0.3 is 5.73 Å². The molecule has 0 radical (unpaired) electrons. The molecule has 0 amide bonds. The molecular weight excluding hydrogens is 352 g/mol. The molecule has 2 rings (SSSR count). The molecule has 1 aromatic carbocycles. The van der Waals surface area contributed by atoms with Gasteiger partial charge in [-0.2, -0.15) is 4.31 Å². The van der Waals surface area contributed by atoms with Crippen molar-refractivity contribution in [3.63, 3.8) is 0 Å². The topological polar surface area (TPSA) is 63.4 Å². The smallest absolute Gasteiger partial charge is 0.243 e. The van der Waals surface area contributed by atoms with Crippen LogP contribution in [0, 0.1) is 0 Å². The van der Waals surface area contributed by atoms with Crippen molar-refractivity contribution in [3.05, 3.63) is 27.7 Å². The van der Waals surface area contributed by atoms with Crippen molar-refractivity contribution in [2.75, 3.05) is 13.1 Å². The summed E-state index contributed by atoms with van der Waals surface area (Å²) < 4.78 is 27.4. The summed E-state index contributed by atoms with van der Waals surface area (Å²) in [6, 6.07) is 4.55. The van der Waals surface area contributed by atoms with Crippen LogP contribution in [0.25, 0.3) is 0 Å². The Morgan fingerprint density at radius 3 is 2.79 bits per heavy atom. The van der Waals surface area contributed by atoms with Gasteiger partial charge in [0.25, 0.3) is 0 Å². The summed E-state index contributed by atoms with van der Waals surface area (Å²) in [5.41, 5.74) is 5.69. The Kier molecular flexibility index (Phi) is 4.89. The first kappa shape index (κ1) is 15.3. The molecule has 2 N–H and O–H groups in total. The zero-order chi connectivity index (χ0) is 14.0. The van der Waals surface area contributed by atoms with Crippen LogP contribution in [-0.2, 0) is 10.0 Å². The van der Waals surface area contributed by atoms with E-state index in [-0.39, 0.29) is 10.9 Å². The average Bonchev–Trinajstić information content (AvgIpc) is 2.41. The number of sulfonamides is 1. The normalized spacial score (nSPS) is 21.5. The Morgan fingerprint density at radius 1 is 1.42 bits per heavy atom. The van der Waals surface area contributed by atoms with E-state index in [0.717, 1.165) is 19.3 Å². The van der Waals surface area contributed by atoms with Crippen LogP contribution in [0.2, 0.25) is 5.02 Å². The van der Waals surface area contributed by atoms with Crippen LogP contribution in [0.4, 0.5) is 0 Å². The fourth-order valence-corrected chi connectivity index (χ4v) is 4.68. The monoisotopic (exact) mass is 366 g/mol. The van der Waals surface area contributed by atoms with Crippen LogP contribution in [0.3, 0.4) is 0 Å². The number of nitrogens with zero attached hydrogens (tertiary/aromatic N) is 1. The molecule has 7 heteroatoms. The molecule has 0 aromatic heterocycles. The Bertz CT molecular complexity index is 565. The maximum absolute atomic E-state index is 12.6. The van der Waals surface area contributed by atoms with Gasteiger partial charge in [0.1, 0.15) is 0 Å². The van der Waals surface area contributed by atoms with E-state index in [0.29, 0.717) is 22.6 Å². The van der Waals surface area contributed by atoms with Gasteiger partial charge in [-0.15, -0.1) is 0 Å². The van der Waals surface area contributed by atoms with Gasteiger partial charge in [-0.3, -0.25) is 0 Å². The van der Waals surface area contributed by atoms with E-state index >= 15 is 0 Å². The van der Waals surface area contributed by atoms with Crippen LogP contribution in [0.5, 0.6) is 0 Å². The number of halogens is 2. The molecule has 1 aliphatic heterocycles. The molecule has 0 aliphatic carbocycles. The van der Waals surface area contributed by atoms with Gasteiger partial charge in [0.2, 0.25) is 10.0 Å². The Labute approximate surface area is 127 Å². The molecule has 0 bridgehead atoms. The number of rotatable bonds is 3. The predicted octanol–water partition coefficient (Wildman–Crippen LogP) is 2.60. The molecule has 1 aromatic rings. The molecule has 106 valence electrons. The summed E-state index contributed by atoms with van der Waals surface area (Å²) in [4.78, 5) is 0.254. The summed E-state index contributed by atoms with van der Waals surface area (Å²) in [6.45, 7) is 0.887. The molecule has 0 spiro atoms. The average molecular weight is 368 g/mol. The molecule has 1 unspecified atom stereocenters. The van der Waals surface area contributed by atoms with Crippen molar-refractivity contribution >= 4 is 37.6 Å². The molecule has 1 aliphatic rings. The van der Waals surface area contributed by atoms with Gasteiger partial charge in [0.15, 0.2) is 0 Å². The number of hydrogen-bond acceptors (Lipinski definition) is 3. The summed E-state index contributed by atoms with van der Waals surface area (Å²) >= 11 is 9.15. The van der Waals surface area contributed by atoms with Crippen LogP contribution in [-0.4, -0.2) is 31.9 Å². The van der Waals surface area contributed by atoms with E-state index in [1.54, 1.807) is 12.1 Å². The maximum Gasteiger partial charge on any atom is 0.243 e. The zero-order valence-electron chi connectivity index (χ0n) is 10.4. The van der Waals surface area contributed by atoms with E-state index in [2.05, 4.69) is 15.9 Å². The van der Waals surface area contributed by atoms with Crippen molar-refractivity contribution in [1.82, 2.24) is 4.31 Å². The van der Waals surface area contributed by atoms with Gasteiger partial charge >= 0.3 is 0 Å². The summed E-state index contributed by atoms with van der Waals surface area (Å²) in [5, 5.41) is 0.493. The highest BCUT2D eigenvalue weighted by Crippen LogP contribution is 2.29. The lowest BCUT2D eigenvalue weighted by molar-refractivity contribution is 0.257. The third-order valence-electron chi connectivity index (χ3n) is 3.34. The third-order valence-corrected chi connectivity index (χ3v) is 6.50. The molecule has 1 heterocycles. The third kappa shape index (κ3) is 3.13. The van der Waals surface area contributed by atoms with Crippen molar-refractivity contribution in [1.29, 1.82) is 0 Å². The molecule has 1 fully saturated rings. The van der Waals surface area contributed by atoms with E-state index < -0.39 is 10.0 Å². The minimum absolute atomic E-state index is 0.104. The lowest BCUT2D eigenvalue weighted by Crippen LogP contribution is -2.47. The fourth-order valence-electron chi connectivity index (χ4n) is 2.30. The van der Waals surface area contributed by atoms with Crippen LogP contribution in [0.1, 0.15) is 19.3 Å². The maximum atomic E-state index is 12.6. The minimum Gasteiger partial charge on any atom is -0.329 e. The molecular formula is C12H16BrClN2O2S. The SMILES string of the molecule is NCC1CCCCN1S(=O)(=O)c1ccc(Cl)c(Br)c1. The summed E-state index contributed by atoms with van der Waals surface area (Å²) in [6.07, 6.45) is 2.73. The molecule has 1 saturated heterocycles. The van der Waals surface area contributed by atoms with Gasteiger partial charge in [-0.05, 0) is 47.0 Å². The second-order valence-electron chi connectivity index (χ2n) is 4.58. The first-order valence-electron chi connectivity index (χ1n) is 6.14. The first-order valence-corrected chi connectivity index (χ1v) is 8.75. The highest BCUT2D eigenvalue weighted by atomic mass is 79.9. The molecule has 0 saturated carbocycles. The van der Waals surface area contributed by atoms with E-state index in [4.69, 9.17) is 17.3 Å². The first-order chi connectivity index (χ1) is 8.96. The van der Waals surface area contributed by atoms with Crippen molar-refractivity contribution in [3.8, 4) is 0 Å². The second kappa shape index (κ2) is 6.10. The lowest BCUT2D eigenvalue weighted by Gasteiger charge is -2.33. The zero-order valence-corrected chi connectivity index (χ0v) is 13.5. The Hall–Kier alpha value is -0.140. The van der Waals surface area contributed by atoms with Gasteiger partial charge in [-0.25, -0.2) is 8.42 Å². The molecule has 19 heavy (non-hydrogen) atoms. The predicted molar refractivity (Wildman–Crippen MR) is 79.7 cm³/mol. The van der Waals surface area contributed by atoms with E-state index in [9.17, 15) is 8.42 Å². The minimum atomic E-state index is -3.50. The van der Waals surface area contributed by atoms with Crippen molar-refractivity contribution in [2.24, 2.45) is 5.73 Å².